The minimum absolute atomic E-state index is 0.00446. The molecule has 1 saturated heterocycles. The van der Waals surface area contributed by atoms with E-state index in [0.29, 0.717) is 18.9 Å². The molecule has 1 aromatic rings. The molecule has 15 heavy (non-hydrogen) atoms. The third-order valence-electron chi connectivity index (χ3n) is 3.11. The molecule has 0 N–H and O–H groups in total. The molecule has 0 atom stereocenters. The Bertz CT molecular complexity index is 418. The van der Waals surface area contributed by atoms with Crippen LogP contribution in [-0.2, 0) is 0 Å². The Balaban J connectivity index is 1.74. The highest BCUT2D eigenvalue weighted by atomic mass is 35.5. The van der Waals surface area contributed by atoms with Gasteiger partial charge >= 0.3 is 0 Å². The van der Waals surface area contributed by atoms with Crippen molar-refractivity contribution in [1.29, 1.82) is 0 Å². The number of hydrogen-bond donors (Lipinski definition) is 0. The van der Waals surface area contributed by atoms with Gasteiger partial charge in [-0.25, -0.2) is 13.8 Å². The van der Waals surface area contributed by atoms with E-state index in [1.54, 1.807) is 11.1 Å². The number of rotatable bonds is 1. The van der Waals surface area contributed by atoms with Crippen LogP contribution in [0.3, 0.4) is 0 Å². The summed E-state index contributed by atoms with van der Waals surface area (Å²) in [7, 11) is 0. The van der Waals surface area contributed by atoms with Crippen LogP contribution in [-0.4, -0.2) is 29.0 Å². The Morgan fingerprint density at radius 3 is 2.53 bits per heavy atom. The summed E-state index contributed by atoms with van der Waals surface area (Å²) in [6.45, 7) is 0.712. The van der Waals surface area contributed by atoms with Crippen molar-refractivity contribution in [3.63, 3.8) is 0 Å². The largest absolute Gasteiger partial charge is 0.354 e. The van der Waals surface area contributed by atoms with Crippen LogP contribution in [0.1, 0.15) is 6.42 Å². The molecule has 2 aliphatic rings. The van der Waals surface area contributed by atoms with Crippen LogP contribution < -0.4 is 4.90 Å². The summed E-state index contributed by atoms with van der Waals surface area (Å²) in [6.07, 6.45) is 2.97. The Morgan fingerprint density at radius 1 is 1.33 bits per heavy atom. The molecule has 3 rings (SSSR count). The third-order valence-corrected chi connectivity index (χ3v) is 3.30. The van der Waals surface area contributed by atoms with Crippen molar-refractivity contribution in [2.45, 2.75) is 12.3 Å². The Hall–Kier alpha value is -0.970. The zero-order valence-corrected chi connectivity index (χ0v) is 8.51. The summed E-state index contributed by atoms with van der Waals surface area (Å²) in [5.74, 6) is -1.90. The van der Waals surface area contributed by atoms with Crippen molar-refractivity contribution >= 4 is 17.4 Å². The molecule has 80 valence electrons. The predicted molar refractivity (Wildman–Crippen MR) is 51.3 cm³/mol. The van der Waals surface area contributed by atoms with Crippen LogP contribution in [0.4, 0.5) is 14.6 Å². The minimum atomic E-state index is -2.48. The fraction of sp³-hybridized carbons (Fsp3) is 0.556. The van der Waals surface area contributed by atoms with Gasteiger partial charge in [-0.1, -0.05) is 11.6 Å². The van der Waals surface area contributed by atoms with Gasteiger partial charge in [-0.05, 0) is 0 Å². The average Bonchev–Trinajstić information content (AvgIpc) is 2.66. The van der Waals surface area contributed by atoms with Crippen LogP contribution in [0.25, 0.3) is 0 Å². The molecule has 0 radical (unpaired) electrons. The van der Waals surface area contributed by atoms with Gasteiger partial charge in [0.05, 0.1) is 17.8 Å². The highest BCUT2D eigenvalue weighted by molar-refractivity contribution is 6.29. The monoisotopic (exact) mass is 231 g/mol. The number of anilines is 1. The van der Waals surface area contributed by atoms with Crippen molar-refractivity contribution in [1.82, 2.24) is 9.97 Å². The molecule has 0 unspecified atom stereocenters. The molecule has 2 heterocycles. The Kier molecular flexibility index (Phi) is 1.60. The maximum Gasteiger partial charge on any atom is 0.258 e. The molecular formula is C9H8ClF2N3. The second-order valence-electron chi connectivity index (χ2n) is 4.22. The lowest BCUT2D eigenvalue weighted by Gasteiger charge is -2.40. The van der Waals surface area contributed by atoms with E-state index in [-0.39, 0.29) is 11.6 Å². The van der Waals surface area contributed by atoms with Gasteiger partial charge in [0.25, 0.3) is 5.92 Å². The Morgan fingerprint density at radius 2 is 2.00 bits per heavy atom. The summed E-state index contributed by atoms with van der Waals surface area (Å²) in [6, 6.07) is 0. The van der Waals surface area contributed by atoms with E-state index in [0.717, 1.165) is 0 Å². The predicted octanol–water partition coefficient (Wildman–Crippen LogP) is 1.98. The highest BCUT2D eigenvalue weighted by Gasteiger charge is 2.76. The topological polar surface area (TPSA) is 29.0 Å². The minimum Gasteiger partial charge on any atom is -0.354 e. The number of halogens is 3. The lowest BCUT2D eigenvalue weighted by Crippen LogP contribution is -2.51. The molecule has 0 aromatic carbocycles. The van der Waals surface area contributed by atoms with Crippen molar-refractivity contribution < 1.29 is 8.78 Å². The van der Waals surface area contributed by atoms with Gasteiger partial charge in [0.15, 0.2) is 0 Å². The van der Waals surface area contributed by atoms with Crippen LogP contribution in [0.2, 0.25) is 5.15 Å². The molecular weight excluding hydrogens is 224 g/mol. The molecule has 2 fully saturated rings. The summed E-state index contributed by atoms with van der Waals surface area (Å²) in [5.41, 5.74) is -0.781. The van der Waals surface area contributed by atoms with Gasteiger partial charge in [-0.15, -0.1) is 0 Å². The Labute approximate surface area is 90.1 Å². The summed E-state index contributed by atoms with van der Waals surface area (Å²) in [4.78, 5) is 9.67. The molecule has 0 bridgehead atoms. The van der Waals surface area contributed by atoms with Crippen LogP contribution in [0.15, 0.2) is 12.4 Å². The fourth-order valence-electron chi connectivity index (χ4n) is 2.06. The highest BCUT2D eigenvalue weighted by Crippen LogP contribution is 2.65. The fourth-order valence-corrected chi connectivity index (χ4v) is 2.20. The van der Waals surface area contributed by atoms with Gasteiger partial charge in [-0.3, -0.25) is 4.98 Å². The van der Waals surface area contributed by atoms with E-state index >= 15 is 0 Å². The van der Waals surface area contributed by atoms with E-state index in [2.05, 4.69) is 9.97 Å². The van der Waals surface area contributed by atoms with Crippen molar-refractivity contribution in [3.8, 4) is 0 Å². The summed E-state index contributed by atoms with van der Waals surface area (Å²) >= 11 is 5.66. The van der Waals surface area contributed by atoms with E-state index in [1.165, 1.54) is 6.20 Å². The van der Waals surface area contributed by atoms with Crippen LogP contribution in [0, 0.1) is 5.41 Å². The van der Waals surface area contributed by atoms with Crippen molar-refractivity contribution in [3.05, 3.63) is 17.5 Å². The average molecular weight is 232 g/mol. The van der Waals surface area contributed by atoms with Gasteiger partial charge in [0.1, 0.15) is 11.0 Å². The zero-order valence-electron chi connectivity index (χ0n) is 7.75. The first-order valence-electron chi connectivity index (χ1n) is 4.63. The van der Waals surface area contributed by atoms with E-state index in [1.807, 2.05) is 0 Å². The maximum absolute atomic E-state index is 12.9. The van der Waals surface area contributed by atoms with Crippen LogP contribution in [0.5, 0.6) is 0 Å². The molecule has 1 aliphatic heterocycles. The summed E-state index contributed by atoms with van der Waals surface area (Å²) < 4.78 is 25.8. The van der Waals surface area contributed by atoms with Gasteiger partial charge < -0.3 is 4.90 Å². The molecule has 1 aliphatic carbocycles. The number of aromatic nitrogens is 2. The van der Waals surface area contributed by atoms with Crippen molar-refractivity contribution in [2.75, 3.05) is 18.0 Å². The van der Waals surface area contributed by atoms with Gasteiger partial charge in [0, 0.05) is 19.5 Å². The molecule has 6 heteroatoms. The standard InChI is InChI=1S/C9H8ClF2N3/c10-6-1-13-2-7(14-6)15-4-8(5-15)3-9(8,11)12/h1-2H,3-5H2. The van der Waals surface area contributed by atoms with Gasteiger partial charge in [0.2, 0.25) is 0 Å². The SMILES string of the molecule is FC1(F)CC12CN(c1cncc(Cl)n1)C2. The van der Waals surface area contributed by atoms with Crippen molar-refractivity contribution in [2.24, 2.45) is 5.41 Å². The number of hydrogen-bond acceptors (Lipinski definition) is 3. The van der Waals surface area contributed by atoms with E-state index in [4.69, 9.17) is 11.6 Å². The molecule has 1 spiro atoms. The second-order valence-corrected chi connectivity index (χ2v) is 4.60. The number of nitrogens with zero attached hydrogens (tertiary/aromatic N) is 3. The van der Waals surface area contributed by atoms with E-state index in [9.17, 15) is 8.78 Å². The first-order chi connectivity index (χ1) is 7.02. The normalized spacial score (nSPS) is 25.1. The lowest BCUT2D eigenvalue weighted by atomic mass is 9.96. The van der Waals surface area contributed by atoms with Gasteiger partial charge in [-0.2, -0.15) is 0 Å². The smallest absolute Gasteiger partial charge is 0.258 e. The molecule has 3 nitrogen and oxygen atoms in total. The first-order valence-corrected chi connectivity index (χ1v) is 5.01. The zero-order chi connectivity index (χ0) is 10.7. The molecule has 0 amide bonds. The third kappa shape index (κ3) is 1.22. The lowest BCUT2D eigenvalue weighted by molar-refractivity contribution is 0.0518. The second kappa shape index (κ2) is 2.58. The van der Waals surface area contributed by atoms with E-state index < -0.39 is 11.3 Å². The molecule has 1 saturated carbocycles. The maximum atomic E-state index is 12.9. The quantitative estimate of drug-likeness (QED) is 0.740. The van der Waals surface area contributed by atoms with Crippen LogP contribution >= 0.6 is 11.6 Å². The molecule has 1 aromatic heterocycles. The first kappa shape index (κ1) is 9.27. The number of alkyl halides is 2. The summed E-state index contributed by atoms with van der Waals surface area (Å²) in [5, 5.41) is 0.288.